The van der Waals surface area contributed by atoms with Gasteiger partial charge in [-0.25, -0.2) is 12.8 Å². The summed E-state index contributed by atoms with van der Waals surface area (Å²) >= 11 is 0. The van der Waals surface area contributed by atoms with Gasteiger partial charge in [0, 0.05) is 25.1 Å². The number of aliphatic hydroxyl groups is 1. The molecule has 108 valence electrons. The van der Waals surface area contributed by atoms with Crippen LogP contribution in [0.25, 0.3) is 0 Å². The molecule has 20 heavy (non-hydrogen) atoms. The predicted octanol–water partition coefficient (Wildman–Crippen LogP) is 1.10. The Morgan fingerprint density at radius 1 is 1.35 bits per heavy atom. The third kappa shape index (κ3) is 3.79. The first-order chi connectivity index (χ1) is 9.51. The van der Waals surface area contributed by atoms with E-state index in [0.29, 0.717) is 30.5 Å². The third-order valence-electron chi connectivity index (χ3n) is 2.99. The average Bonchev–Trinajstić information content (AvgIpc) is 2.68. The number of nitrogens with zero attached hydrogens (tertiary/aromatic N) is 1. The Bertz CT molecular complexity index is 646. The maximum atomic E-state index is 13.5. The van der Waals surface area contributed by atoms with Crippen LogP contribution in [0.5, 0.6) is 0 Å². The van der Waals surface area contributed by atoms with Crippen LogP contribution >= 0.6 is 0 Å². The number of hydrogen-bond donors (Lipinski definition) is 1. The van der Waals surface area contributed by atoms with Crippen molar-refractivity contribution in [2.75, 3.05) is 18.9 Å². The number of rotatable bonds is 3. The van der Waals surface area contributed by atoms with Crippen molar-refractivity contribution >= 4 is 10.0 Å². The molecule has 0 aliphatic carbocycles. The maximum absolute atomic E-state index is 13.5. The molecule has 0 aromatic heterocycles. The highest BCUT2D eigenvalue weighted by molar-refractivity contribution is 7.89. The average molecular weight is 297 g/mol. The fraction of sp³-hybridized carbons (Fsp3) is 0.429. The zero-order valence-electron chi connectivity index (χ0n) is 11.0. The fourth-order valence-corrected chi connectivity index (χ4v) is 3.61. The predicted molar refractivity (Wildman–Crippen MR) is 73.8 cm³/mol. The Morgan fingerprint density at radius 3 is 2.80 bits per heavy atom. The summed E-state index contributed by atoms with van der Waals surface area (Å²) in [5.74, 6) is 5.19. The van der Waals surface area contributed by atoms with Crippen LogP contribution in [0.1, 0.15) is 24.0 Å². The molecule has 0 amide bonds. The summed E-state index contributed by atoms with van der Waals surface area (Å²) in [6.07, 6.45) is 0.938. The standard InChI is InChI=1S/C14H16FNO3S/c15-14-9-12(4-1-2-6-17)8-13(10-14)11-16-5-3-7-20(16,18)19/h8-10,17H,2-3,5-7,11H2. The quantitative estimate of drug-likeness (QED) is 0.850. The van der Waals surface area contributed by atoms with E-state index in [4.69, 9.17) is 5.11 Å². The van der Waals surface area contributed by atoms with Gasteiger partial charge in [0.2, 0.25) is 10.0 Å². The van der Waals surface area contributed by atoms with Crippen molar-refractivity contribution in [2.24, 2.45) is 0 Å². The van der Waals surface area contributed by atoms with Crippen LogP contribution in [0, 0.1) is 17.7 Å². The van der Waals surface area contributed by atoms with Crippen molar-refractivity contribution in [2.45, 2.75) is 19.4 Å². The molecule has 1 saturated heterocycles. The summed E-state index contributed by atoms with van der Waals surface area (Å²) in [7, 11) is -3.19. The second kappa shape index (κ2) is 6.35. The van der Waals surface area contributed by atoms with E-state index in [2.05, 4.69) is 11.8 Å². The summed E-state index contributed by atoms with van der Waals surface area (Å²) in [5, 5.41) is 8.65. The van der Waals surface area contributed by atoms with Crippen LogP contribution in [-0.2, 0) is 16.6 Å². The van der Waals surface area contributed by atoms with Crippen LogP contribution in [-0.4, -0.2) is 36.7 Å². The Hall–Kier alpha value is -1.42. The van der Waals surface area contributed by atoms with Crippen LogP contribution in [0.2, 0.25) is 0 Å². The minimum absolute atomic E-state index is 0.0405. The number of halogens is 1. The number of sulfonamides is 1. The molecule has 1 aromatic rings. The lowest BCUT2D eigenvalue weighted by Crippen LogP contribution is -2.25. The van der Waals surface area contributed by atoms with Crippen molar-refractivity contribution in [1.29, 1.82) is 0 Å². The van der Waals surface area contributed by atoms with E-state index < -0.39 is 15.8 Å². The molecule has 0 radical (unpaired) electrons. The summed E-state index contributed by atoms with van der Waals surface area (Å²) in [6, 6.07) is 4.30. The van der Waals surface area contributed by atoms with Gasteiger partial charge in [0.25, 0.3) is 0 Å². The van der Waals surface area contributed by atoms with E-state index in [1.54, 1.807) is 6.07 Å². The summed E-state index contributed by atoms with van der Waals surface area (Å²) < 4.78 is 38.3. The molecule has 1 aliphatic rings. The summed E-state index contributed by atoms with van der Waals surface area (Å²) in [5.41, 5.74) is 1.08. The number of hydrogen-bond acceptors (Lipinski definition) is 3. The molecule has 0 saturated carbocycles. The molecule has 4 nitrogen and oxygen atoms in total. The third-order valence-corrected chi connectivity index (χ3v) is 4.89. The van der Waals surface area contributed by atoms with Gasteiger partial charge in [-0.3, -0.25) is 0 Å². The highest BCUT2D eigenvalue weighted by atomic mass is 32.2. The van der Waals surface area contributed by atoms with Crippen LogP contribution in [0.15, 0.2) is 18.2 Å². The van der Waals surface area contributed by atoms with E-state index in [1.807, 2.05) is 0 Å². The van der Waals surface area contributed by atoms with E-state index >= 15 is 0 Å². The molecule has 1 fully saturated rings. The Kier molecular flexibility index (Phi) is 4.76. The van der Waals surface area contributed by atoms with Gasteiger partial charge in [-0.15, -0.1) is 0 Å². The largest absolute Gasteiger partial charge is 0.395 e. The monoisotopic (exact) mass is 297 g/mol. The van der Waals surface area contributed by atoms with E-state index in [1.165, 1.54) is 16.4 Å². The van der Waals surface area contributed by atoms with Crippen LogP contribution in [0.3, 0.4) is 0 Å². The van der Waals surface area contributed by atoms with Gasteiger partial charge in [-0.05, 0) is 30.2 Å². The second-order valence-corrected chi connectivity index (χ2v) is 6.72. The normalized spacial score (nSPS) is 17.7. The number of aliphatic hydroxyl groups excluding tert-OH is 1. The first-order valence-corrected chi connectivity index (χ1v) is 7.99. The lowest BCUT2D eigenvalue weighted by atomic mass is 10.1. The lowest BCUT2D eigenvalue weighted by molar-refractivity contribution is 0.305. The molecule has 0 bridgehead atoms. The zero-order chi connectivity index (χ0) is 14.6. The van der Waals surface area contributed by atoms with Crippen molar-refractivity contribution in [3.05, 3.63) is 35.1 Å². The molecule has 1 aromatic carbocycles. The zero-order valence-corrected chi connectivity index (χ0v) is 11.8. The molecule has 2 rings (SSSR count). The van der Waals surface area contributed by atoms with Crippen molar-refractivity contribution in [3.63, 3.8) is 0 Å². The first-order valence-electron chi connectivity index (χ1n) is 6.38. The topological polar surface area (TPSA) is 57.6 Å². The highest BCUT2D eigenvalue weighted by Gasteiger charge is 2.28. The molecule has 6 heteroatoms. The van der Waals surface area contributed by atoms with Crippen LogP contribution in [0.4, 0.5) is 4.39 Å². The van der Waals surface area contributed by atoms with Crippen molar-refractivity contribution < 1.29 is 17.9 Å². The van der Waals surface area contributed by atoms with Crippen molar-refractivity contribution in [3.8, 4) is 11.8 Å². The molecule has 0 atom stereocenters. The van der Waals surface area contributed by atoms with Gasteiger partial charge in [0.1, 0.15) is 5.82 Å². The van der Waals surface area contributed by atoms with Crippen LogP contribution < -0.4 is 0 Å². The minimum Gasteiger partial charge on any atom is -0.395 e. The highest BCUT2D eigenvalue weighted by Crippen LogP contribution is 2.18. The maximum Gasteiger partial charge on any atom is 0.214 e. The smallest absolute Gasteiger partial charge is 0.214 e. The lowest BCUT2D eigenvalue weighted by Gasteiger charge is -2.14. The Balaban J connectivity index is 2.18. The van der Waals surface area contributed by atoms with Crippen molar-refractivity contribution in [1.82, 2.24) is 4.31 Å². The molecular formula is C14H16FNO3S. The van der Waals surface area contributed by atoms with E-state index in [9.17, 15) is 12.8 Å². The molecule has 0 unspecified atom stereocenters. The minimum atomic E-state index is -3.19. The molecular weight excluding hydrogens is 281 g/mol. The van der Waals surface area contributed by atoms with Gasteiger partial charge in [-0.1, -0.05) is 11.8 Å². The molecule has 1 N–H and O–H groups in total. The van der Waals surface area contributed by atoms with Gasteiger partial charge < -0.3 is 5.11 Å². The summed E-state index contributed by atoms with van der Waals surface area (Å²) in [6.45, 7) is 0.611. The molecule has 1 heterocycles. The van der Waals surface area contributed by atoms with E-state index in [-0.39, 0.29) is 18.9 Å². The fourth-order valence-electron chi connectivity index (χ4n) is 2.11. The number of benzene rings is 1. The van der Waals surface area contributed by atoms with E-state index in [0.717, 1.165) is 0 Å². The van der Waals surface area contributed by atoms with Gasteiger partial charge in [0.15, 0.2) is 0 Å². The Morgan fingerprint density at radius 2 is 2.15 bits per heavy atom. The first kappa shape index (κ1) is 15.0. The second-order valence-electron chi connectivity index (χ2n) is 4.63. The van der Waals surface area contributed by atoms with Gasteiger partial charge in [0.05, 0.1) is 12.4 Å². The summed E-state index contributed by atoms with van der Waals surface area (Å²) in [4.78, 5) is 0. The molecule has 1 aliphatic heterocycles. The molecule has 0 spiro atoms. The van der Waals surface area contributed by atoms with Gasteiger partial charge >= 0.3 is 0 Å². The van der Waals surface area contributed by atoms with Gasteiger partial charge in [-0.2, -0.15) is 4.31 Å². The Labute approximate surface area is 118 Å². The SMILES string of the molecule is O=S1(=O)CCCN1Cc1cc(F)cc(C#CCCO)c1.